The van der Waals surface area contributed by atoms with Crippen molar-refractivity contribution in [3.63, 3.8) is 0 Å². The van der Waals surface area contributed by atoms with E-state index in [1.54, 1.807) is 0 Å². The molecule has 5 heteroatoms. The number of benzene rings is 8. The molecule has 13 rings (SSSR count). The van der Waals surface area contributed by atoms with Crippen molar-refractivity contribution in [2.45, 2.75) is 19.3 Å². The third-order valence-electron chi connectivity index (χ3n) is 12.7. The standard InChI is InChI=1S/C52H33N5/c1-52(2)40-20-6-5-17-36(40)37-26-24-31(29-41(37)52)49-51-54-50(55-57(51)43-22-8-7-21-42(43)53-49)32-13-9-14-33(28-32)56-44-23-11-19-39-35-16-4-3-15-34(35)38-18-10-12-30-25-27-45(56)48(46(30)38)47(39)44/h3-29H,1-2H3. The number of hydrogen-bond acceptors (Lipinski definition) is 3. The molecular weight excluding hydrogens is 695 g/mol. The van der Waals surface area contributed by atoms with Gasteiger partial charge in [0.05, 0.1) is 22.1 Å². The maximum atomic E-state index is 5.31. The second-order valence-electron chi connectivity index (χ2n) is 16.0. The average molecular weight is 728 g/mol. The van der Waals surface area contributed by atoms with E-state index in [1.807, 2.05) is 16.6 Å². The van der Waals surface area contributed by atoms with Gasteiger partial charge in [-0.3, -0.25) is 0 Å². The highest BCUT2D eigenvalue weighted by atomic mass is 15.3. The van der Waals surface area contributed by atoms with Gasteiger partial charge in [0.25, 0.3) is 0 Å². The molecule has 0 atom stereocenters. The summed E-state index contributed by atoms with van der Waals surface area (Å²) < 4.78 is 4.40. The molecule has 2 aliphatic carbocycles. The van der Waals surface area contributed by atoms with E-state index in [4.69, 9.17) is 15.1 Å². The predicted octanol–water partition coefficient (Wildman–Crippen LogP) is 12.8. The molecule has 57 heavy (non-hydrogen) atoms. The Balaban J connectivity index is 1.02. The van der Waals surface area contributed by atoms with Crippen molar-refractivity contribution in [1.29, 1.82) is 0 Å². The van der Waals surface area contributed by atoms with Crippen molar-refractivity contribution in [2.75, 3.05) is 0 Å². The second kappa shape index (κ2) is 10.9. The van der Waals surface area contributed by atoms with Crippen molar-refractivity contribution < 1.29 is 0 Å². The Morgan fingerprint density at radius 2 is 1.14 bits per heavy atom. The van der Waals surface area contributed by atoms with Gasteiger partial charge in [0.2, 0.25) is 0 Å². The highest BCUT2D eigenvalue weighted by molar-refractivity contribution is 6.30. The van der Waals surface area contributed by atoms with Crippen LogP contribution in [0.1, 0.15) is 25.0 Å². The molecule has 8 aromatic carbocycles. The first-order valence-electron chi connectivity index (χ1n) is 19.6. The van der Waals surface area contributed by atoms with Crippen LogP contribution in [0.3, 0.4) is 0 Å². The van der Waals surface area contributed by atoms with Gasteiger partial charge in [-0.1, -0.05) is 135 Å². The van der Waals surface area contributed by atoms with Crippen LogP contribution in [-0.4, -0.2) is 24.1 Å². The molecule has 0 radical (unpaired) electrons. The number of nitrogens with zero attached hydrogens (tertiary/aromatic N) is 5. The molecule has 0 spiro atoms. The van der Waals surface area contributed by atoms with Crippen molar-refractivity contribution >= 4 is 49.3 Å². The fourth-order valence-electron chi connectivity index (χ4n) is 10.1. The van der Waals surface area contributed by atoms with E-state index < -0.39 is 0 Å². The van der Waals surface area contributed by atoms with Gasteiger partial charge >= 0.3 is 0 Å². The summed E-state index contributed by atoms with van der Waals surface area (Å²) in [5.74, 6) is 0.661. The van der Waals surface area contributed by atoms with Crippen molar-refractivity contribution in [2.24, 2.45) is 0 Å². The van der Waals surface area contributed by atoms with Crippen LogP contribution in [0.4, 0.5) is 0 Å². The first kappa shape index (κ1) is 30.9. The summed E-state index contributed by atoms with van der Waals surface area (Å²) in [5.41, 5.74) is 19.0. The third kappa shape index (κ3) is 4.05. The summed E-state index contributed by atoms with van der Waals surface area (Å²) in [6, 6.07) is 59.3. The molecule has 0 saturated heterocycles. The molecule has 5 nitrogen and oxygen atoms in total. The highest BCUT2D eigenvalue weighted by Gasteiger charge is 2.35. The van der Waals surface area contributed by atoms with Crippen LogP contribution in [0.25, 0.3) is 111 Å². The Hall–Kier alpha value is -7.37. The zero-order chi connectivity index (χ0) is 37.6. The van der Waals surface area contributed by atoms with Gasteiger partial charge in [0, 0.05) is 33.0 Å². The van der Waals surface area contributed by atoms with Crippen LogP contribution in [-0.2, 0) is 5.41 Å². The lowest BCUT2D eigenvalue weighted by molar-refractivity contribution is 0.660. The van der Waals surface area contributed by atoms with Crippen LogP contribution >= 0.6 is 0 Å². The van der Waals surface area contributed by atoms with E-state index in [-0.39, 0.29) is 5.41 Å². The molecule has 0 bridgehead atoms. The lowest BCUT2D eigenvalue weighted by Crippen LogP contribution is -2.15. The fourth-order valence-corrected chi connectivity index (χ4v) is 10.1. The lowest BCUT2D eigenvalue weighted by Gasteiger charge is -2.21. The second-order valence-corrected chi connectivity index (χ2v) is 16.0. The summed E-state index contributed by atoms with van der Waals surface area (Å²) in [6.07, 6.45) is 0. The predicted molar refractivity (Wildman–Crippen MR) is 233 cm³/mol. The third-order valence-corrected chi connectivity index (χ3v) is 12.7. The Kier molecular flexibility index (Phi) is 5.91. The maximum absolute atomic E-state index is 5.31. The molecule has 3 heterocycles. The fraction of sp³-hybridized carbons (Fsp3) is 0.0577. The van der Waals surface area contributed by atoms with E-state index in [1.165, 1.54) is 77.1 Å². The molecule has 0 aliphatic heterocycles. The minimum atomic E-state index is -0.127. The summed E-state index contributed by atoms with van der Waals surface area (Å²) in [7, 11) is 0. The van der Waals surface area contributed by atoms with E-state index in [2.05, 4.69) is 170 Å². The lowest BCUT2D eigenvalue weighted by atomic mass is 9.82. The van der Waals surface area contributed by atoms with Crippen LogP contribution in [0.2, 0.25) is 0 Å². The quantitative estimate of drug-likeness (QED) is 0.182. The average Bonchev–Trinajstić information content (AvgIpc) is 3.90. The maximum Gasteiger partial charge on any atom is 0.182 e. The number of hydrogen-bond donors (Lipinski definition) is 0. The smallest absolute Gasteiger partial charge is 0.182 e. The topological polar surface area (TPSA) is 48.0 Å². The van der Waals surface area contributed by atoms with Gasteiger partial charge in [-0.05, 0) is 97.7 Å². The van der Waals surface area contributed by atoms with Gasteiger partial charge in [0.15, 0.2) is 11.5 Å². The van der Waals surface area contributed by atoms with Crippen LogP contribution < -0.4 is 0 Å². The van der Waals surface area contributed by atoms with Crippen molar-refractivity contribution in [3.05, 3.63) is 175 Å². The minimum absolute atomic E-state index is 0.127. The van der Waals surface area contributed by atoms with E-state index >= 15 is 0 Å². The molecule has 3 aromatic heterocycles. The van der Waals surface area contributed by atoms with E-state index in [9.17, 15) is 0 Å². The Morgan fingerprint density at radius 3 is 2.02 bits per heavy atom. The van der Waals surface area contributed by atoms with Gasteiger partial charge in [-0.25, -0.2) is 14.5 Å². The zero-order valence-corrected chi connectivity index (χ0v) is 31.3. The molecule has 266 valence electrons. The first-order valence-corrected chi connectivity index (χ1v) is 19.6. The Morgan fingerprint density at radius 1 is 0.456 bits per heavy atom. The van der Waals surface area contributed by atoms with Crippen molar-refractivity contribution in [1.82, 2.24) is 24.1 Å². The van der Waals surface area contributed by atoms with Gasteiger partial charge in [-0.2, -0.15) is 0 Å². The van der Waals surface area contributed by atoms with E-state index in [0.717, 1.165) is 39.2 Å². The molecule has 0 saturated carbocycles. The Bertz CT molecular complexity index is 3560. The molecule has 2 aliphatic rings. The first-order chi connectivity index (χ1) is 28.0. The summed E-state index contributed by atoms with van der Waals surface area (Å²) in [5, 5.41) is 10.4. The van der Waals surface area contributed by atoms with Gasteiger partial charge in [-0.15, -0.1) is 5.10 Å². The molecule has 0 N–H and O–H groups in total. The summed E-state index contributed by atoms with van der Waals surface area (Å²) in [6.45, 7) is 4.63. The largest absolute Gasteiger partial charge is 0.309 e. The number of para-hydroxylation sites is 2. The number of fused-ring (bicyclic) bond motifs is 9. The molecular formula is C52H33N5. The van der Waals surface area contributed by atoms with Crippen molar-refractivity contribution in [3.8, 4) is 61.7 Å². The van der Waals surface area contributed by atoms with Gasteiger partial charge in [0.1, 0.15) is 5.69 Å². The highest BCUT2D eigenvalue weighted by Crippen LogP contribution is 2.51. The van der Waals surface area contributed by atoms with Crippen LogP contribution in [0, 0.1) is 0 Å². The van der Waals surface area contributed by atoms with Crippen LogP contribution in [0.5, 0.6) is 0 Å². The molecule has 11 aromatic rings. The molecule has 0 unspecified atom stereocenters. The van der Waals surface area contributed by atoms with Crippen LogP contribution in [0.15, 0.2) is 164 Å². The summed E-state index contributed by atoms with van der Waals surface area (Å²) in [4.78, 5) is 10.6. The number of aromatic nitrogens is 5. The number of rotatable bonds is 3. The molecule has 0 fully saturated rings. The van der Waals surface area contributed by atoms with Gasteiger partial charge < -0.3 is 4.57 Å². The zero-order valence-electron chi connectivity index (χ0n) is 31.3. The monoisotopic (exact) mass is 727 g/mol. The van der Waals surface area contributed by atoms with E-state index in [0.29, 0.717) is 5.82 Å². The molecule has 0 amide bonds. The summed E-state index contributed by atoms with van der Waals surface area (Å²) >= 11 is 0. The SMILES string of the molecule is CC1(C)c2ccccc2-c2ccc(-c3nc4ccccc4n4nc(-c5cccc(-n6c7cccc8c7c7c9c(cccc9ccc76)-c6ccccc6-8)c5)nc34)cc21. The normalized spacial score (nSPS) is 13.6. The Labute approximate surface area is 328 Å². The minimum Gasteiger partial charge on any atom is -0.309 e.